The molecule has 0 aromatic heterocycles. The molecule has 1 atom stereocenters. The summed E-state index contributed by atoms with van der Waals surface area (Å²) < 4.78 is 5.39. The van der Waals surface area contributed by atoms with Gasteiger partial charge >= 0.3 is 5.97 Å². The molecule has 2 aliphatic heterocycles. The third kappa shape index (κ3) is 3.06. The van der Waals surface area contributed by atoms with Crippen LogP contribution >= 0.6 is 0 Å². The maximum absolute atomic E-state index is 12.5. The number of hydrogen-bond donors (Lipinski definition) is 2. The number of amides is 1. The standard InChI is InChI=1S/C15H18N2O4/c18-14(19)6-13-9-17(3-4-21-13)15(20)10-1-2-11-7-16-8-12(11)5-10/h1-2,5,13,16H,3-4,6-9H2,(H,18,19). The second-order valence-electron chi connectivity index (χ2n) is 5.43. The van der Waals surface area contributed by atoms with E-state index in [1.165, 1.54) is 5.56 Å². The van der Waals surface area contributed by atoms with Gasteiger partial charge in [-0.1, -0.05) is 6.07 Å². The largest absolute Gasteiger partial charge is 0.481 e. The average Bonchev–Trinajstić information content (AvgIpc) is 2.93. The van der Waals surface area contributed by atoms with Gasteiger partial charge in [-0.3, -0.25) is 9.59 Å². The van der Waals surface area contributed by atoms with E-state index in [-0.39, 0.29) is 12.3 Å². The number of benzene rings is 1. The lowest BCUT2D eigenvalue weighted by Crippen LogP contribution is -2.46. The summed E-state index contributed by atoms with van der Waals surface area (Å²) in [5, 5.41) is 12.1. The van der Waals surface area contributed by atoms with Crippen LogP contribution in [-0.2, 0) is 22.6 Å². The van der Waals surface area contributed by atoms with Crippen molar-refractivity contribution in [1.29, 1.82) is 0 Å². The Balaban J connectivity index is 1.71. The lowest BCUT2D eigenvalue weighted by Gasteiger charge is -2.32. The molecule has 1 amide bonds. The molecule has 2 aliphatic rings. The van der Waals surface area contributed by atoms with E-state index in [0.717, 1.165) is 18.7 Å². The van der Waals surface area contributed by atoms with Gasteiger partial charge in [0.25, 0.3) is 5.91 Å². The highest BCUT2D eigenvalue weighted by atomic mass is 16.5. The van der Waals surface area contributed by atoms with Crippen molar-refractivity contribution in [2.45, 2.75) is 25.6 Å². The number of morpholine rings is 1. The fourth-order valence-electron chi connectivity index (χ4n) is 2.83. The van der Waals surface area contributed by atoms with Gasteiger partial charge in [0.05, 0.1) is 19.1 Å². The second kappa shape index (κ2) is 5.83. The van der Waals surface area contributed by atoms with Crippen LogP contribution in [0.2, 0.25) is 0 Å². The molecule has 0 saturated carbocycles. The van der Waals surface area contributed by atoms with Gasteiger partial charge in [-0.2, -0.15) is 0 Å². The first-order chi connectivity index (χ1) is 10.1. The molecule has 3 rings (SSSR count). The Bertz CT molecular complexity index is 573. The molecule has 6 heteroatoms. The topological polar surface area (TPSA) is 78.9 Å². The van der Waals surface area contributed by atoms with Gasteiger partial charge in [-0.05, 0) is 23.3 Å². The molecule has 1 aromatic carbocycles. The molecule has 0 radical (unpaired) electrons. The number of carboxylic acid groups (broad SMARTS) is 1. The Morgan fingerprint density at radius 1 is 1.33 bits per heavy atom. The van der Waals surface area contributed by atoms with Gasteiger partial charge in [-0.15, -0.1) is 0 Å². The molecule has 6 nitrogen and oxygen atoms in total. The first kappa shape index (κ1) is 14.0. The number of carbonyl (C=O) groups is 2. The molecule has 0 aliphatic carbocycles. The summed E-state index contributed by atoms with van der Waals surface area (Å²) in [7, 11) is 0. The van der Waals surface area contributed by atoms with Gasteiger partial charge in [-0.25, -0.2) is 0 Å². The zero-order valence-electron chi connectivity index (χ0n) is 11.7. The first-order valence-electron chi connectivity index (χ1n) is 7.08. The lowest BCUT2D eigenvalue weighted by molar-refractivity contribution is -0.141. The number of rotatable bonds is 3. The normalized spacial score (nSPS) is 21.1. The van der Waals surface area contributed by atoms with Gasteiger partial charge in [0.2, 0.25) is 0 Å². The first-order valence-corrected chi connectivity index (χ1v) is 7.08. The predicted octanol–water partition coefficient (Wildman–Crippen LogP) is 0.605. The molecule has 2 heterocycles. The van der Waals surface area contributed by atoms with E-state index in [0.29, 0.717) is 25.3 Å². The van der Waals surface area contributed by atoms with Crippen molar-refractivity contribution in [3.63, 3.8) is 0 Å². The molecule has 0 bridgehead atoms. The van der Waals surface area contributed by atoms with Crippen LogP contribution in [0.25, 0.3) is 0 Å². The van der Waals surface area contributed by atoms with E-state index < -0.39 is 12.1 Å². The Morgan fingerprint density at radius 3 is 2.95 bits per heavy atom. The monoisotopic (exact) mass is 290 g/mol. The van der Waals surface area contributed by atoms with Gasteiger partial charge in [0.15, 0.2) is 0 Å². The van der Waals surface area contributed by atoms with E-state index in [9.17, 15) is 9.59 Å². The van der Waals surface area contributed by atoms with Crippen LogP contribution in [0, 0.1) is 0 Å². The summed E-state index contributed by atoms with van der Waals surface area (Å²) in [4.78, 5) is 25.0. The van der Waals surface area contributed by atoms with E-state index in [4.69, 9.17) is 9.84 Å². The van der Waals surface area contributed by atoms with Crippen LogP contribution in [-0.4, -0.2) is 47.7 Å². The zero-order chi connectivity index (χ0) is 14.8. The van der Waals surface area contributed by atoms with Crippen molar-refractivity contribution >= 4 is 11.9 Å². The maximum atomic E-state index is 12.5. The molecule has 1 unspecified atom stereocenters. The van der Waals surface area contributed by atoms with Crippen molar-refractivity contribution in [3.05, 3.63) is 34.9 Å². The lowest BCUT2D eigenvalue weighted by atomic mass is 10.0. The maximum Gasteiger partial charge on any atom is 0.306 e. The molecule has 2 N–H and O–H groups in total. The SMILES string of the molecule is O=C(O)CC1CN(C(=O)c2ccc3c(c2)CNC3)CCO1. The van der Waals surface area contributed by atoms with E-state index >= 15 is 0 Å². The summed E-state index contributed by atoms with van der Waals surface area (Å²) in [6.07, 6.45) is -0.492. The van der Waals surface area contributed by atoms with Crippen molar-refractivity contribution in [2.24, 2.45) is 0 Å². The Kier molecular flexibility index (Phi) is 3.90. The van der Waals surface area contributed by atoms with Crippen molar-refractivity contribution in [2.75, 3.05) is 19.7 Å². The predicted molar refractivity (Wildman–Crippen MR) is 74.9 cm³/mol. The molecule has 21 heavy (non-hydrogen) atoms. The van der Waals surface area contributed by atoms with E-state index in [1.54, 1.807) is 4.90 Å². The molecule has 1 saturated heterocycles. The number of carboxylic acids is 1. The fraction of sp³-hybridized carbons (Fsp3) is 0.467. The molecular formula is C15H18N2O4. The zero-order valence-corrected chi connectivity index (χ0v) is 11.7. The molecule has 1 aromatic rings. The Hall–Kier alpha value is -1.92. The van der Waals surface area contributed by atoms with Crippen LogP contribution < -0.4 is 5.32 Å². The molecule has 1 fully saturated rings. The van der Waals surface area contributed by atoms with Crippen LogP contribution in [0.3, 0.4) is 0 Å². The highest BCUT2D eigenvalue weighted by Crippen LogP contribution is 2.19. The molecule has 112 valence electrons. The highest BCUT2D eigenvalue weighted by molar-refractivity contribution is 5.94. The number of ether oxygens (including phenoxy) is 1. The summed E-state index contributed by atoms with van der Waals surface area (Å²) in [6, 6.07) is 5.76. The second-order valence-corrected chi connectivity index (χ2v) is 5.43. The van der Waals surface area contributed by atoms with Gasteiger partial charge in [0.1, 0.15) is 0 Å². The number of fused-ring (bicyclic) bond motifs is 1. The van der Waals surface area contributed by atoms with Gasteiger partial charge in [0, 0.05) is 31.7 Å². The van der Waals surface area contributed by atoms with Crippen LogP contribution in [0.15, 0.2) is 18.2 Å². The minimum Gasteiger partial charge on any atom is -0.481 e. The number of nitrogens with one attached hydrogen (secondary N) is 1. The summed E-state index contributed by atoms with van der Waals surface area (Å²) >= 11 is 0. The minimum atomic E-state index is -0.905. The number of carbonyl (C=O) groups excluding carboxylic acids is 1. The summed E-state index contributed by atoms with van der Waals surface area (Å²) in [6.45, 7) is 2.87. The summed E-state index contributed by atoms with van der Waals surface area (Å²) in [5.41, 5.74) is 3.06. The smallest absolute Gasteiger partial charge is 0.306 e. The quantitative estimate of drug-likeness (QED) is 0.852. The Morgan fingerprint density at radius 2 is 2.14 bits per heavy atom. The summed E-state index contributed by atoms with van der Waals surface area (Å²) in [5.74, 6) is -0.957. The van der Waals surface area contributed by atoms with Crippen molar-refractivity contribution in [3.8, 4) is 0 Å². The van der Waals surface area contributed by atoms with Gasteiger partial charge < -0.3 is 20.1 Å². The molecular weight excluding hydrogens is 272 g/mol. The number of hydrogen-bond acceptors (Lipinski definition) is 4. The molecule has 0 spiro atoms. The Labute approximate surface area is 122 Å². The van der Waals surface area contributed by atoms with Crippen molar-refractivity contribution < 1.29 is 19.4 Å². The van der Waals surface area contributed by atoms with Crippen molar-refractivity contribution in [1.82, 2.24) is 10.2 Å². The average molecular weight is 290 g/mol. The number of aliphatic carboxylic acids is 1. The third-order valence-corrected chi connectivity index (χ3v) is 3.91. The minimum absolute atomic E-state index is 0.0524. The van der Waals surface area contributed by atoms with Crippen LogP contribution in [0.5, 0.6) is 0 Å². The van der Waals surface area contributed by atoms with E-state index in [1.807, 2.05) is 18.2 Å². The van der Waals surface area contributed by atoms with E-state index in [2.05, 4.69) is 5.32 Å². The van der Waals surface area contributed by atoms with Crippen LogP contribution in [0.4, 0.5) is 0 Å². The fourth-order valence-corrected chi connectivity index (χ4v) is 2.83. The highest BCUT2D eigenvalue weighted by Gasteiger charge is 2.27. The van der Waals surface area contributed by atoms with Crippen LogP contribution in [0.1, 0.15) is 27.9 Å². The number of nitrogens with zero attached hydrogens (tertiary/aromatic N) is 1. The third-order valence-electron chi connectivity index (χ3n) is 3.91.